The topological polar surface area (TPSA) is 30.7 Å². The summed E-state index contributed by atoms with van der Waals surface area (Å²) in [5.74, 6) is 0.662. The Morgan fingerprint density at radius 2 is 1.00 bits per heavy atom. The second-order valence-electron chi connectivity index (χ2n) is 16.2. The molecule has 0 aliphatic heterocycles. The van der Waals surface area contributed by atoms with E-state index >= 15 is 0 Å². The first-order chi connectivity index (χ1) is 28.5. The molecule has 0 fully saturated rings. The first-order valence-electron chi connectivity index (χ1n) is 20.1. The molecule has 0 atom stereocenters. The third kappa shape index (κ3) is 4.86. The summed E-state index contributed by atoms with van der Waals surface area (Å²) >= 11 is 0. The van der Waals surface area contributed by atoms with Crippen LogP contribution in [0.25, 0.3) is 105 Å². The van der Waals surface area contributed by atoms with Gasteiger partial charge in [0.2, 0.25) is 5.95 Å². The SMILES string of the molecule is CC1(C)c2ccccc2-c2cccc(-c3nc(-n4c5ccc(-c6ccc7ccccc7c6)cc5c5cc6ccccc6cc54)nc4ccc(-c5ccccc5)cc34)c21. The van der Waals surface area contributed by atoms with Gasteiger partial charge in [-0.1, -0.05) is 159 Å². The molecule has 11 aromatic rings. The quantitative estimate of drug-likeness (QED) is 0.180. The summed E-state index contributed by atoms with van der Waals surface area (Å²) in [5, 5.41) is 8.26. The van der Waals surface area contributed by atoms with Gasteiger partial charge in [-0.05, 0) is 109 Å². The maximum Gasteiger partial charge on any atom is 0.235 e. The van der Waals surface area contributed by atoms with Crippen molar-refractivity contribution in [1.82, 2.24) is 14.5 Å². The lowest BCUT2D eigenvalue weighted by Crippen LogP contribution is -2.16. The van der Waals surface area contributed by atoms with Crippen LogP contribution < -0.4 is 0 Å². The number of benzene rings is 9. The first-order valence-corrected chi connectivity index (χ1v) is 20.1. The van der Waals surface area contributed by atoms with Gasteiger partial charge in [-0.15, -0.1) is 0 Å². The van der Waals surface area contributed by atoms with Crippen LogP contribution in [-0.2, 0) is 5.41 Å². The fourth-order valence-electron chi connectivity index (χ4n) is 9.75. The Morgan fingerprint density at radius 1 is 0.397 bits per heavy atom. The number of hydrogen-bond acceptors (Lipinski definition) is 2. The van der Waals surface area contributed by atoms with Crippen LogP contribution in [0.4, 0.5) is 0 Å². The van der Waals surface area contributed by atoms with Crippen LogP contribution in [0.3, 0.4) is 0 Å². The molecule has 272 valence electrons. The Morgan fingerprint density at radius 3 is 1.84 bits per heavy atom. The van der Waals surface area contributed by atoms with Crippen LogP contribution in [0.2, 0.25) is 0 Å². The Balaban J connectivity index is 1.15. The standard InChI is InChI=1S/C55H37N3/c1-55(2)48-22-11-10-19-42(48)43-20-12-21-44(52(43)55)53-47-32-40(34-13-4-3-5-14-34)25-27-49(47)56-54(57-53)58-50-28-26-41(39-24-23-35-15-6-7-16-36(35)29-39)31-45(50)46-30-37-17-8-9-18-38(37)33-51(46)58/h3-33H,1-2H3. The molecule has 0 amide bonds. The molecule has 3 nitrogen and oxygen atoms in total. The molecule has 2 aromatic heterocycles. The zero-order valence-corrected chi connectivity index (χ0v) is 32.2. The van der Waals surface area contributed by atoms with Crippen molar-refractivity contribution in [2.45, 2.75) is 19.3 Å². The predicted molar refractivity (Wildman–Crippen MR) is 243 cm³/mol. The molecule has 0 saturated carbocycles. The van der Waals surface area contributed by atoms with E-state index in [9.17, 15) is 0 Å². The van der Waals surface area contributed by atoms with Gasteiger partial charge in [-0.2, -0.15) is 0 Å². The number of hydrogen-bond donors (Lipinski definition) is 0. The Hall–Kier alpha value is -7.36. The molecular weight excluding hydrogens is 703 g/mol. The minimum absolute atomic E-state index is 0.220. The molecule has 9 aromatic carbocycles. The molecular formula is C55H37N3. The predicted octanol–water partition coefficient (Wildman–Crippen LogP) is 14.3. The maximum atomic E-state index is 5.70. The maximum absolute atomic E-state index is 5.70. The highest BCUT2D eigenvalue weighted by Gasteiger charge is 2.38. The summed E-state index contributed by atoms with van der Waals surface area (Å²) in [7, 11) is 0. The third-order valence-corrected chi connectivity index (χ3v) is 12.5. The highest BCUT2D eigenvalue weighted by atomic mass is 15.2. The van der Waals surface area contributed by atoms with Crippen LogP contribution >= 0.6 is 0 Å². The molecule has 2 heterocycles. The lowest BCUT2D eigenvalue weighted by atomic mass is 9.79. The monoisotopic (exact) mass is 739 g/mol. The molecule has 12 rings (SSSR count). The van der Waals surface area contributed by atoms with Gasteiger partial charge in [0.15, 0.2) is 0 Å². The van der Waals surface area contributed by atoms with Crippen molar-refractivity contribution >= 4 is 54.3 Å². The molecule has 3 heteroatoms. The Kier molecular flexibility index (Phi) is 6.98. The molecule has 0 bridgehead atoms. The van der Waals surface area contributed by atoms with Gasteiger partial charge in [-0.25, -0.2) is 9.97 Å². The average molecular weight is 740 g/mol. The van der Waals surface area contributed by atoms with E-state index in [0.717, 1.165) is 38.8 Å². The number of aromatic nitrogens is 3. The highest BCUT2D eigenvalue weighted by Crippen LogP contribution is 2.52. The van der Waals surface area contributed by atoms with Gasteiger partial charge in [0, 0.05) is 27.1 Å². The molecule has 0 spiro atoms. The molecule has 0 N–H and O–H groups in total. The summed E-state index contributed by atoms with van der Waals surface area (Å²) in [5.41, 5.74) is 14.8. The second kappa shape index (κ2) is 12.3. The van der Waals surface area contributed by atoms with E-state index in [2.05, 4.69) is 206 Å². The first kappa shape index (κ1) is 32.8. The van der Waals surface area contributed by atoms with E-state index in [1.165, 1.54) is 71.3 Å². The summed E-state index contributed by atoms with van der Waals surface area (Å²) in [6.07, 6.45) is 0. The normalized spacial score (nSPS) is 13.1. The van der Waals surface area contributed by atoms with Crippen molar-refractivity contribution in [3.63, 3.8) is 0 Å². The van der Waals surface area contributed by atoms with Crippen LogP contribution in [0.5, 0.6) is 0 Å². The van der Waals surface area contributed by atoms with Crippen molar-refractivity contribution in [1.29, 1.82) is 0 Å². The van der Waals surface area contributed by atoms with Crippen LogP contribution in [0.1, 0.15) is 25.0 Å². The summed E-state index contributed by atoms with van der Waals surface area (Å²) in [6, 6.07) is 68.3. The van der Waals surface area contributed by atoms with E-state index < -0.39 is 0 Å². The molecule has 58 heavy (non-hydrogen) atoms. The van der Waals surface area contributed by atoms with Crippen molar-refractivity contribution in [3.05, 3.63) is 199 Å². The van der Waals surface area contributed by atoms with E-state index in [4.69, 9.17) is 9.97 Å². The number of rotatable bonds is 4. The lowest BCUT2D eigenvalue weighted by Gasteiger charge is -2.25. The molecule has 1 aliphatic rings. The third-order valence-electron chi connectivity index (χ3n) is 12.5. The molecule has 0 saturated heterocycles. The zero-order valence-electron chi connectivity index (χ0n) is 32.2. The van der Waals surface area contributed by atoms with Crippen LogP contribution in [0.15, 0.2) is 188 Å². The summed E-state index contributed by atoms with van der Waals surface area (Å²) in [4.78, 5) is 11.2. The average Bonchev–Trinajstić information content (AvgIpc) is 3.72. The van der Waals surface area contributed by atoms with Crippen LogP contribution in [0, 0.1) is 0 Å². The van der Waals surface area contributed by atoms with Crippen molar-refractivity contribution < 1.29 is 0 Å². The van der Waals surface area contributed by atoms with Gasteiger partial charge in [-0.3, -0.25) is 4.57 Å². The van der Waals surface area contributed by atoms with Gasteiger partial charge < -0.3 is 0 Å². The van der Waals surface area contributed by atoms with Crippen molar-refractivity contribution in [2.24, 2.45) is 0 Å². The lowest BCUT2D eigenvalue weighted by molar-refractivity contribution is 0.662. The second-order valence-corrected chi connectivity index (χ2v) is 16.2. The molecule has 1 aliphatic carbocycles. The fraction of sp³-hybridized carbons (Fsp3) is 0.0545. The number of nitrogens with zero attached hydrogens (tertiary/aromatic N) is 3. The van der Waals surface area contributed by atoms with Crippen molar-refractivity contribution in [3.8, 4) is 50.6 Å². The largest absolute Gasteiger partial charge is 0.278 e. The van der Waals surface area contributed by atoms with E-state index in [1.807, 2.05) is 0 Å². The van der Waals surface area contributed by atoms with Crippen LogP contribution in [-0.4, -0.2) is 14.5 Å². The molecule has 0 radical (unpaired) electrons. The van der Waals surface area contributed by atoms with E-state index in [-0.39, 0.29) is 5.41 Å². The van der Waals surface area contributed by atoms with Gasteiger partial charge >= 0.3 is 0 Å². The van der Waals surface area contributed by atoms with Gasteiger partial charge in [0.1, 0.15) is 0 Å². The van der Waals surface area contributed by atoms with E-state index in [1.54, 1.807) is 0 Å². The number of fused-ring (bicyclic) bond motifs is 9. The molecule has 0 unspecified atom stereocenters. The van der Waals surface area contributed by atoms with Gasteiger partial charge in [0.05, 0.1) is 22.2 Å². The summed E-state index contributed by atoms with van der Waals surface area (Å²) in [6.45, 7) is 4.71. The zero-order chi connectivity index (χ0) is 38.5. The highest BCUT2D eigenvalue weighted by molar-refractivity contribution is 6.14. The minimum atomic E-state index is -0.220. The van der Waals surface area contributed by atoms with E-state index in [0.29, 0.717) is 5.95 Å². The smallest absolute Gasteiger partial charge is 0.235 e. The summed E-state index contributed by atoms with van der Waals surface area (Å²) < 4.78 is 2.29. The minimum Gasteiger partial charge on any atom is -0.278 e. The Bertz CT molecular complexity index is 3480. The Labute approximate surface area is 336 Å². The van der Waals surface area contributed by atoms with Crippen molar-refractivity contribution in [2.75, 3.05) is 0 Å². The van der Waals surface area contributed by atoms with Gasteiger partial charge in [0.25, 0.3) is 0 Å². The fourth-order valence-corrected chi connectivity index (χ4v) is 9.75.